The van der Waals surface area contributed by atoms with E-state index in [0.29, 0.717) is 6.42 Å². The van der Waals surface area contributed by atoms with Gasteiger partial charge >= 0.3 is 5.97 Å². The summed E-state index contributed by atoms with van der Waals surface area (Å²) >= 11 is 0. The van der Waals surface area contributed by atoms with Crippen molar-refractivity contribution < 1.29 is 14.6 Å². The molecule has 76 valence electrons. The molecule has 0 aromatic rings. The minimum absolute atomic E-state index is 0.157. The zero-order valence-corrected chi connectivity index (χ0v) is 7.91. The van der Waals surface area contributed by atoms with Crippen LogP contribution in [-0.2, 0) is 9.53 Å². The molecule has 5 heteroatoms. The van der Waals surface area contributed by atoms with Gasteiger partial charge in [-0.05, 0) is 6.92 Å². The summed E-state index contributed by atoms with van der Waals surface area (Å²) in [5.41, 5.74) is 10.6. The number of aliphatic hydroxyl groups is 1. The Labute approximate surface area is 77.4 Å². The Morgan fingerprint density at radius 3 is 2.46 bits per heavy atom. The Hall–Kier alpha value is -1.23. The van der Waals surface area contributed by atoms with Gasteiger partial charge in [0.25, 0.3) is 0 Å². The number of rotatable bonds is 4. The molecule has 0 rings (SSSR count). The quantitative estimate of drug-likeness (QED) is 0.322. The summed E-state index contributed by atoms with van der Waals surface area (Å²) in [4.78, 5) is 11.0. The van der Waals surface area contributed by atoms with Gasteiger partial charge in [0.05, 0.1) is 0 Å². The fourth-order valence-electron chi connectivity index (χ4n) is 0.654. The standard InChI is InChI=1S/C8H16N2O3/c1-3-4-6(11)13-8(12)7(10)5(2)9/h6,11H,3-4,9-10H2,1-2H3/b7-5+. The van der Waals surface area contributed by atoms with Crippen molar-refractivity contribution >= 4 is 5.97 Å². The van der Waals surface area contributed by atoms with Crippen molar-refractivity contribution in [3.05, 3.63) is 11.4 Å². The van der Waals surface area contributed by atoms with E-state index in [1.807, 2.05) is 6.92 Å². The average Bonchev–Trinajstić information content (AvgIpc) is 2.03. The second-order valence-corrected chi connectivity index (χ2v) is 2.75. The Bertz CT molecular complexity index is 209. The maximum Gasteiger partial charge on any atom is 0.358 e. The number of esters is 1. The first-order chi connectivity index (χ1) is 5.99. The molecule has 5 nitrogen and oxygen atoms in total. The van der Waals surface area contributed by atoms with Crippen LogP contribution in [0, 0.1) is 0 Å². The molecule has 0 heterocycles. The highest BCUT2D eigenvalue weighted by Crippen LogP contribution is 2.02. The van der Waals surface area contributed by atoms with Crippen molar-refractivity contribution in [2.75, 3.05) is 0 Å². The number of ether oxygens (including phenoxy) is 1. The predicted molar refractivity (Wildman–Crippen MR) is 48.1 cm³/mol. The highest BCUT2D eigenvalue weighted by molar-refractivity contribution is 5.88. The lowest BCUT2D eigenvalue weighted by atomic mass is 10.3. The third-order valence-corrected chi connectivity index (χ3v) is 1.42. The van der Waals surface area contributed by atoms with Crippen LogP contribution in [0.25, 0.3) is 0 Å². The van der Waals surface area contributed by atoms with E-state index in [-0.39, 0.29) is 11.4 Å². The Morgan fingerprint density at radius 1 is 1.54 bits per heavy atom. The summed E-state index contributed by atoms with van der Waals surface area (Å²) < 4.78 is 4.57. The molecule has 1 unspecified atom stereocenters. The van der Waals surface area contributed by atoms with E-state index in [4.69, 9.17) is 16.6 Å². The molecule has 13 heavy (non-hydrogen) atoms. The number of hydrogen-bond acceptors (Lipinski definition) is 5. The number of carbonyl (C=O) groups excluding carboxylic acids is 1. The van der Waals surface area contributed by atoms with Gasteiger partial charge in [0.2, 0.25) is 6.29 Å². The molecule has 0 radical (unpaired) electrons. The monoisotopic (exact) mass is 188 g/mol. The molecule has 0 aromatic carbocycles. The first-order valence-electron chi connectivity index (χ1n) is 4.09. The maximum atomic E-state index is 11.0. The average molecular weight is 188 g/mol. The van der Waals surface area contributed by atoms with Crippen LogP contribution in [0.4, 0.5) is 0 Å². The summed E-state index contributed by atoms with van der Waals surface area (Å²) in [5, 5.41) is 9.09. The summed E-state index contributed by atoms with van der Waals surface area (Å²) in [5.74, 6) is -0.777. The molecule has 0 amide bonds. The van der Waals surface area contributed by atoms with Crippen molar-refractivity contribution in [1.29, 1.82) is 0 Å². The van der Waals surface area contributed by atoms with E-state index in [9.17, 15) is 4.79 Å². The third kappa shape index (κ3) is 4.37. The van der Waals surface area contributed by atoms with Gasteiger partial charge in [-0.15, -0.1) is 0 Å². The molecule has 0 saturated heterocycles. The zero-order valence-electron chi connectivity index (χ0n) is 7.91. The van der Waals surface area contributed by atoms with Crippen molar-refractivity contribution in [2.45, 2.75) is 33.0 Å². The molecule has 5 N–H and O–H groups in total. The van der Waals surface area contributed by atoms with E-state index in [1.54, 1.807) is 0 Å². The van der Waals surface area contributed by atoms with Crippen LogP contribution in [0.3, 0.4) is 0 Å². The molecule has 0 aliphatic heterocycles. The van der Waals surface area contributed by atoms with Crippen LogP contribution in [0.15, 0.2) is 11.4 Å². The number of nitrogens with two attached hydrogens (primary N) is 2. The van der Waals surface area contributed by atoms with Gasteiger partial charge < -0.3 is 21.3 Å². The van der Waals surface area contributed by atoms with Crippen LogP contribution < -0.4 is 11.5 Å². The van der Waals surface area contributed by atoms with Crippen LogP contribution in [0.2, 0.25) is 0 Å². The molecule has 0 aliphatic rings. The number of allylic oxidation sites excluding steroid dienone is 1. The lowest BCUT2D eigenvalue weighted by Crippen LogP contribution is -2.24. The van der Waals surface area contributed by atoms with Gasteiger partial charge in [0.15, 0.2) is 0 Å². The normalized spacial score (nSPS) is 14.7. The fourth-order valence-corrected chi connectivity index (χ4v) is 0.654. The third-order valence-electron chi connectivity index (χ3n) is 1.42. The van der Waals surface area contributed by atoms with Crippen LogP contribution in [0.5, 0.6) is 0 Å². The minimum atomic E-state index is -1.10. The first kappa shape index (κ1) is 11.8. The van der Waals surface area contributed by atoms with E-state index in [1.165, 1.54) is 6.92 Å². The molecule has 0 saturated carbocycles. The number of aliphatic hydroxyl groups excluding tert-OH is 1. The number of hydrogen-bond donors (Lipinski definition) is 3. The summed E-state index contributed by atoms with van der Waals surface area (Å²) in [6, 6.07) is 0. The molecule has 0 bridgehead atoms. The SMILES string of the molecule is CCCC(O)OC(=O)/C(N)=C(/C)N. The lowest BCUT2D eigenvalue weighted by Gasteiger charge is -2.11. The van der Waals surface area contributed by atoms with Crippen molar-refractivity contribution in [3.63, 3.8) is 0 Å². The lowest BCUT2D eigenvalue weighted by molar-refractivity contribution is -0.163. The molecule has 1 atom stereocenters. The summed E-state index contributed by atoms with van der Waals surface area (Å²) in [6.45, 7) is 3.35. The van der Waals surface area contributed by atoms with Gasteiger partial charge in [-0.1, -0.05) is 13.3 Å². The van der Waals surface area contributed by atoms with Crippen LogP contribution >= 0.6 is 0 Å². The largest absolute Gasteiger partial charge is 0.431 e. The second kappa shape index (κ2) is 5.42. The smallest absolute Gasteiger partial charge is 0.358 e. The Kier molecular flexibility index (Phi) is 4.91. The summed E-state index contributed by atoms with van der Waals surface area (Å²) in [7, 11) is 0. The highest BCUT2D eigenvalue weighted by atomic mass is 16.6. The molecular formula is C8H16N2O3. The van der Waals surface area contributed by atoms with Crippen molar-refractivity contribution in [2.24, 2.45) is 11.5 Å². The molecule has 0 fully saturated rings. The Morgan fingerprint density at radius 2 is 2.08 bits per heavy atom. The van der Waals surface area contributed by atoms with Gasteiger partial charge in [-0.2, -0.15) is 0 Å². The second-order valence-electron chi connectivity index (χ2n) is 2.75. The zero-order chi connectivity index (χ0) is 10.4. The maximum absolute atomic E-state index is 11.0. The minimum Gasteiger partial charge on any atom is -0.431 e. The van der Waals surface area contributed by atoms with E-state index in [2.05, 4.69) is 4.74 Å². The number of carbonyl (C=O) groups is 1. The van der Waals surface area contributed by atoms with E-state index >= 15 is 0 Å². The molecule has 0 spiro atoms. The van der Waals surface area contributed by atoms with E-state index in [0.717, 1.165) is 6.42 Å². The van der Waals surface area contributed by atoms with Crippen LogP contribution in [-0.4, -0.2) is 17.4 Å². The molecule has 0 aliphatic carbocycles. The van der Waals surface area contributed by atoms with Crippen molar-refractivity contribution in [3.8, 4) is 0 Å². The van der Waals surface area contributed by atoms with Gasteiger partial charge in [-0.3, -0.25) is 0 Å². The van der Waals surface area contributed by atoms with Gasteiger partial charge in [-0.25, -0.2) is 4.79 Å². The first-order valence-corrected chi connectivity index (χ1v) is 4.09. The van der Waals surface area contributed by atoms with Gasteiger partial charge in [0.1, 0.15) is 5.70 Å². The van der Waals surface area contributed by atoms with Crippen LogP contribution in [0.1, 0.15) is 26.7 Å². The summed E-state index contributed by atoms with van der Waals surface area (Å²) in [6.07, 6.45) is 0.0119. The fraction of sp³-hybridized carbons (Fsp3) is 0.625. The van der Waals surface area contributed by atoms with Crippen molar-refractivity contribution in [1.82, 2.24) is 0 Å². The Balaban J connectivity index is 4.09. The van der Waals surface area contributed by atoms with E-state index < -0.39 is 12.3 Å². The molecule has 0 aromatic heterocycles. The predicted octanol–water partition coefficient (Wildman–Crippen LogP) is -0.203. The topological polar surface area (TPSA) is 98.6 Å². The van der Waals surface area contributed by atoms with Gasteiger partial charge in [0, 0.05) is 12.1 Å². The molecular weight excluding hydrogens is 172 g/mol. The highest BCUT2D eigenvalue weighted by Gasteiger charge is 2.13.